The Morgan fingerprint density at radius 1 is 1.06 bits per heavy atom. The number of nitrogens with zero attached hydrogens (tertiary/aromatic N) is 1. The fourth-order valence-electron chi connectivity index (χ4n) is 4.61. The molecule has 2 fully saturated rings. The van der Waals surface area contributed by atoms with Crippen LogP contribution in [-0.4, -0.2) is 61.2 Å². The lowest BCUT2D eigenvalue weighted by Gasteiger charge is -2.38. The van der Waals surface area contributed by atoms with Crippen molar-refractivity contribution in [2.45, 2.75) is 77.3 Å². The van der Waals surface area contributed by atoms with Gasteiger partial charge in [0.1, 0.15) is 0 Å². The second-order valence-electron chi connectivity index (χ2n) is 8.56. The molecule has 2 aliphatic rings. The smallest absolute Gasteiger partial charge is 0.306 e. The third kappa shape index (κ3) is 6.38. The van der Waals surface area contributed by atoms with Gasteiger partial charge in [-0.3, -0.25) is 14.4 Å². The number of ketones is 1. The summed E-state index contributed by atoms with van der Waals surface area (Å²) in [5, 5.41) is 0. The van der Waals surface area contributed by atoms with Crippen LogP contribution in [0.3, 0.4) is 0 Å². The molecule has 0 radical (unpaired) electrons. The van der Waals surface area contributed by atoms with E-state index < -0.39 is 22.4 Å². The number of sulfone groups is 1. The molecule has 1 saturated carbocycles. The second kappa shape index (κ2) is 10.3. The third-order valence-electron chi connectivity index (χ3n) is 6.11. The molecule has 1 amide bonds. The van der Waals surface area contributed by atoms with Gasteiger partial charge in [-0.25, -0.2) is 8.42 Å². The molecule has 1 aromatic heterocycles. The highest BCUT2D eigenvalue weighted by molar-refractivity contribution is 7.91. The van der Waals surface area contributed by atoms with Crippen molar-refractivity contribution < 1.29 is 27.5 Å². The second-order valence-corrected chi connectivity index (χ2v) is 12.2. The number of ether oxygens (including phenoxy) is 1. The molecule has 1 atom stereocenters. The zero-order valence-corrected chi connectivity index (χ0v) is 19.9. The first-order valence-electron chi connectivity index (χ1n) is 10.9. The molecule has 1 saturated heterocycles. The molecule has 1 aromatic rings. The lowest BCUT2D eigenvalue weighted by molar-refractivity contribution is -0.154. The number of carbonyl (C=O) groups is 3. The molecule has 9 heteroatoms. The van der Waals surface area contributed by atoms with Crippen LogP contribution in [0.25, 0.3) is 0 Å². The summed E-state index contributed by atoms with van der Waals surface area (Å²) in [7, 11) is -3.13. The maximum Gasteiger partial charge on any atom is 0.306 e. The van der Waals surface area contributed by atoms with Gasteiger partial charge in [0.2, 0.25) is 0 Å². The van der Waals surface area contributed by atoms with E-state index in [1.54, 1.807) is 16.2 Å². The summed E-state index contributed by atoms with van der Waals surface area (Å²) in [5.74, 6) is -0.953. The Labute approximate surface area is 188 Å². The van der Waals surface area contributed by atoms with Gasteiger partial charge in [0.15, 0.2) is 22.2 Å². The van der Waals surface area contributed by atoms with Crippen LogP contribution >= 0.6 is 11.3 Å². The molecular formula is C22H31NO6S2. The molecule has 0 bridgehead atoms. The van der Waals surface area contributed by atoms with E-state index in [2.05, 4.69) is 0 Å². The van der Waals surface area contributed by atoms with Crippen molar-refractivity contribution in [2.75, 3.05) is 18.1 Å². The summed E-state index contributed by atoms with van der Waals surface area (Å²) < 4.78 is 29.1. The first-order valence-corrected chi connectivity index (χ1v) is 13.6. The molecule has 0 aromatic carbocycles. The lowest BCUT2D eigenvalue weighted by atomic mass is 9.93. The number of aryl methyl sites for hydroxylation is 2. The number of esters is 1. The molecule has 31 heavy (non-hydrogen) atoms. The minimum atomic E-state index is -3.13. The SMILES string of the molecule is Cc1cc(C(=O)CCC(=O)OCC(=O)N(C2CCCCC2)C2CCS(=O)(=O)C2)c(C)s1. The minimum Gasteiger partial charge on any atom is -0.456 e. The molecule has 2 heterocycles. The summed E-state index contributed by atoms with van der Waals surface area (Å²) in [6.45, 7) is 3.41. The lowest BCUT2D eigenvalue weighted by Crippen LogP contribution is -2.50. The Kier molecular flexibility index (Phi) is 7.91. The van der Waals surface area contributed by atoms with E-state index in [1.165, 1.54) is 0 Å². The van der Waals surface area contributed by atoms with Crippen molar-refractivity contribution in [1.82, 2.24) is 4.90 Å². The van der Waals surface area contributed by atoms with E-state index >= 15 is 0 Å². The van der Waals surface area contributed by atoms with Crippen LogP contribution in [0.5, 0.6) is 0 Å². The van der Waals surface area contributed by atoms with Crippen LogP contribution in [0.2, 0.25) is 0 Å². The van der Waals surface area contributed by atoms with Gasteiger partial charge >= 0.3 is 5.97 Å². The molecule has 1 aliphatic carbocycles. The highest BCUT2D eigenvalue weighted by atomic mass is 32.2. The molecule has 3 rings (SSSR count). The largest absolute Gasteiger partial charge is 0.456 e. The zero-order chi connectivity index (χ0) is 22.6. The van der Waals surface area contributed by atoms with Crippen LogP contribution in [-0.2, 0) is 24.2 Å². The average molecular weight is 470 g/mol. The van der Waals surface area contributed by atoms with Gasteiger partial charge in [-0.05, 0) is 39.2 Å². The maximum atomic E-state index is 12.9. The molecular weight excluding hydrogens is 438 g/mol. The van der Waals surface area contributed by atoms with Crippen molar-refractivity contribution in [3.8, 4) is 0 Å². The van der Waals surface area contributed by atoms with Crippen molar-refractivity contribution in [3.63, 3.8) is 0 Å². The summed E-state index contributed by atoms with van der Waals surface area (Å²) in [4.78, 5) is 41.1. The van der Waals surface area contributed by atoms with Crippen molar-refractivity contribution in [3.05, 3.63) is 21.4 Å². The monoisotopic (exact) mass is 469 g/mol. The van der Waals surface area contributed by atoms with Crippen LogP contribution in [0.15, 0.2) is 6.07 Å². The van der Waals surface area contributed by atoms with Crippen molar-refractivity contribution >= 4 is 38.8 Å². The van der Waals surface area contributed by atoms with Crippen LogP contribution < -0.4 is 0 Å². The van der Waals surface area contributed by atoms with Gasteiger partial charge in [-0.1, -0.05) is 19.3 Å². The number of amides is 1. The van der Waals surface area contributed by atoms with E-state index in [0.717, 1.165) is 41.9 Å². The van der Waals surface area contributed by atoms with Crippen LogP contribution in [0.1, 0.15) is 71.5 Å². The standard InChI is InChI=1S/C22H31NO6S2/c1-15-12-19(16(2)30-15)20(24)8-9-22(26)29-13-21(25)23(17-6-4-3-5-7-17)18-10-11-31(27,28)14-18/h12,17-18H,3-11,13-14H2,1-2H3. The zero-order valence-electron chi connectivity index (χ0n) is 18.2. The number of carbonyl (C=O) groups excluding carboxylic acids is 3. The van der Waals surface area contributed by atoms with E-state index in [0.29, 0.717) is 12.0 Å². The number of hydrogen-bond acceptors (Lipinski definition) is 7. The highest BCUT2D eigenvalue weighted by Crippen LogP contribution is 2.28. The van der Waals surface area contributed by atoms with Gasteiger partial charge in [0.25, 0.3) is 5.91 Å². The van der Waals surface area contributed by atoms with Crippen molar-refractivity contribution in [1.29, 1.82) is 0 Å². The number of Topliss-reactive ketones (excluding diaryl/α,β-unsaturated/α-hetero) is 1. The first kappa shape index (κ1) is 23.9. The molecule has 172 valence electrons. The Morgan fingerprint density at radius 2 is 1.77 bits per heavy atom. The number of thiophene rings is 1. The molecule has 0 N–H and O–H groups in total. The molecule has 1 unspecified atom stereocenters. The Hall–Kier alpha value is -1.74. The van der Waals surface area contributed by atoms with E-state index in [-0.39, 0.29) is 48.1 Å². The van der Waals surface area contributed by atoms with Crippen LogP contribution in [0.4, 0.5) is 0 Å². The summed E-state index contributed by atoms with van der Waals surface area (Å²) in [6.07, 6.45) is 5.24. The minimum absolute atomic E-state index is 0.00429. The normalized spacial score (nSPS) is 21.0. The van der Waals surface area contributed by atoms with Crippen molar-refractivity contribution in [2.24, 2.45) is 0 Å². The molecule has 7 nitrogen and oxygen atoms in total. The predicted octanol–water partition coefficient (Wildman–Crippen LogP) is 3.22. The third-order valence-corrected chi connectivity index (χ3v) is 8.83. The highest BCUT2D eigenvalue weighted by Gasteiger charge is 2.38. The predicted molar refractivity (Wildman–Crippen MR) is 119 cm³/mol. The van der Waals surface area contributed by atoms with Gasteiger partial charge in [0.05, 0.1) is 17.9 Å². The van der Waals surface area contributed by atoms with Gasteiger partial charge in [0, 0.05) is 33.8 Å². The van der Waals surface area contributed by atoms with Gasteiger partial charge in [-0.2, -0.15) is 0 Å². The topological polar surface area (TPSA) is 97.8 Å². The maximum absolute atomic E-state index is 12.9. The van der Waals surface area contributed by atoms with E-state index in [9.17, 15) is 22.8 Å². The molecule has 1 aliphatic heterocycles. The number of rotatable bonds is 8. The van der Waals surface area contributed by atoms with Crippen LogP contribution in [0, 0.1) is 13.8 Å². The Bertz CT molecular complexity index is 930. The average Bonchev–Trinajstić information content (AvgIpc) is 3.25. The van der Waals surface area contributed by atoms with E-state index in [1.807, 2.05) is 19.9 Å². The Balaban J connectivity index is 1.54. The summed E-state index contributed by atoms with van der Waals surface area (Å²) >= 11 is 1.54. The Morgan fingerprint density at radius 3 is 2.35 bits per heavy atom. The van der Waals surface area contributed by atoms with Gasteiger partial charge < -0.3 is 9.64 Å². The number of hydrogen-bond donors (Lipinski definition) is 0. The summed E-state index contributed by atoms with van der Waals surface area (Å²) in [5.41, 5.74) is 0.636. The fourth-order valence-corrected chi connectivity index (χ4v) is 7.26. The quantitative estimate of drug-likeness (QED) is 0.428. The fraction of sp³-hybridized carbons (Fsp3) is 0.682. The molecule has 0 spiro atoms. The summed E-state index contributed by atoms with van der Waals surface area (Å²) in [6, 6.07) is 1.49. The van der Waals surface area contributed by atoms with E-state index in [4.69, 9.17) is 4.74 Å². The van der Waals surface area contributed by atoms with Gasteiger partial charge in [-0.15, -0.1) is 11.3 Å². The first-order chi connectivity index (χ1) is 14.7.